The standard InChI is InChI=1S/C10H13Cl2FN2OS/c1-8-4-6-9(7-5-8)15(16-14(2)3)17-10(11,12)13/h4-7H,1-3H3. The first-order valence-corrected chi connectivity index (χ1v) is 6.29. The predicted octanol–water partition coefficient (Wildman–Crippen LogP) is 3.92. The van der Waals surface area contributed by atoms with Crippen molar-refractivity contribution >= 4 is 40.8 Å². The number of hydrogen-bond acceptors (Lipinski definition) is 4. The molecular formula is C10H13Cl2FN2OS. The lowest BCUT2D eigenvalue weighted by molar-refractivity contribution is -0.110. The molecule has 0 aromatic heterocycles. The van der Waals surface area contributed by atoms with Crippen LogP contribution in [0.5, 0.6) is 0 Å². The van der Waals surface area contributed by atoms with E-state index in [0.717, 1.165) is 5.56 Å². The summed E-state index contributed by atoms with van der Waals surface area (Å²) in [5, 5.41) is 1.41. The zero-order valence-corrected chi connectivity index (χ0v) is 12.0. The number of hydroxylamine groups is 2. The molecule has 0 heterocycles. The van der Waals surface area contributed by atoms with Crippen LogP contribution in [0, 0.1) is 6.92 Å². The Morgan fingerprint density at radius 1 is 1.24 bits per heavy atom. The lowest BCUT2D eigenvalue weighted by Crippen LogP contribution is -2.27. The van der Waals surface area contributed by atoms with Crippen LogP contribution in [0.4, 0.5) is 10.1 Å². The summed E-state index contributed by atoms with van der Waals surface area (Å²) in [5.74, 6) is 0. The minimum absolute atomic E-state index is 0.523. The fourth-order valence-electron chi connectivity index (χ4n) is 1.03. The molecule has 0 amide bonds. The van der Waals surface area contributed by atoms with Crippen molar-refractivity contribution in [1.82, 2.24) is 5.06 Å². The van der Waals surface area contributed by atoms with Gasteiger partial charge in [-0.25, -0.2) is 0 Å². The Morgan fingerprint density at radius 3 is 2.18 bits per heavy atom. The summed E-state index contributed by atoms with van der Waals surface area (Å²) in [6.07, 6.45) is 0. The summed E-state index contributed by atoms with van der Waals surface area (Å²) in [6, 6.07) is 7.32. The fraction of sp³-hybridized carbons (Fsp3) is 0.400. The smallest absolute Gasteiger partial charge is 0.193 e. The molecule has 0 saturated carbocycles. The normalized spacial score (nSPS) is 11.9. The van der Waals surface area contributed by atoms with Crippen molar-refractivity contribution in [2.75, 3.05) is 18.6 Å². The van der Waals surface area contributed by atoms with E-state index in [1.165, 1.54) is 9.53 Å². The summed E-state index contributed by atoms with van der Waals surface area (Å²) >= 11 is 11.2. The van der Waals surface area contributed by atoms with Crippen molar-refractivity contribution in [1.29, 1.82) is 0 Å². The third-order valence-electron chi connectivity index (χ3n) is 1.67. The maximum Gasteiger partial charge on any atom is 0.325 e. The molecule has 0 spiro atoms. The van der Waals surface area contributed by atoms with Gasteiger partial charge in [0.2, 0.25) is 0 Å². The molecule has 0 saturated heterocycles. The van der Waals surface area contributed by atoms with Crippen molar-refractivity contribution in [3.05, 3.63) is 29.8 Å². The highest BCUT2D eigenvalue weighted by atomic mass is 35.5. The van der Waals surface area contributed by atoms with Crippen molar-refractivity contribution in [2.24, 2.45) is 0 Å². The molecule has 0 N–H and O–H groups in total. The van der Waals surface area contributed by atoms with Gasteiger partial charge in [-0.05, 0) is 19.1 Å². The maximum atomic E-state index is 13.2. The first kappa shape index (κ1) is 14.9. The first-order chi connectivity index (χ1) is 7.78. The van der Waals surface area contributed by atoms with Gasteiger partial charge >= 0.3 is 3.92 Å². The Morgan fingerprint density at radius 2 is 1.76 bits per heavy atom. The number of rotatable bonds is 5. The lowest BCUT2D eigenvalue weighted by Gasteiger charge is -2.26. The summed E-state index contributed by atoms with van der Waals surface area (Å²) in [4.78, 5) is 5.27. The second kappa shape index (κ2) is 6.11. The van der Waals surface area contributed by atoms with Crippen molar-refractivity contribution in [3.8, 4) is 0 Å². The molecule has 7 heteroatoms. The zero-order valence-electron chi connectivity index (χ0n) is 9.65. The molecule has 0 radical (unpaired) electrons. The molecule has 3 nitrogen and oxygen atoms in total. The third-order valence-corrected chi connectivity index (χ3v) is 2.73. The predicted molar refractivity (Wildman–Crippen MR) is 71.6 cm³/mol. The van der Waals surface area contributed by atoms with Gasteiger partial charge in [-0.3, -0.25) is 0 Å². The van der Waals surface area contributed by atoms with Gasteiger partial charge in [-0.1, -0.05) is 40.9 Å². The molecule has 1 aromatic carbocycles. The van der Waals surface area contributed by atoms with E-state index in [1.807, 2.05) is 19.1 Å². The van der Waals surface area contributed by atoms with Crippen LogP contribution < -0.4 is 4.47 Å². The molecule has 0 aliphatic carbocycles. The van der Waals surface area contributed by atoms with Gasteiger partial charge < -0.3 is 0 Å². The van der Waals surface area contributed by atoms with Gasteiger partial charge in [-0.2, -0.15) is 18.9 Å². The maximum absolute atomic E-state index is 13.2. The SMILES string of the molecule is Cc1ccc(N(ON(C)C)SC(F)(Cl)Cl)cc1. The van der Waals surface area contributed by atoms with Gasteiger partial charge in [0.25, 0.3) is 0 Å². The fourth-order valence-corrected chi connectivity index (χ4v) is 1.98. The third kappa shape index (κ3) is 5.79. The molecule has 0 aliphatic heterocycles. The van der Waals surface area contributed by atoms with Crippen LogP contribution in [0.3, 0.4) is 0 Å². The minimum atomic E-state index is -2.46. The molecule has 0 atom stereocenters. The Kier molecular flexibility index (Phi) is 5.34. The van der Waals surface area contributed by atoms with E-state index in [1.54, 1.807) is 26.2 Å². The van der Waals surface area contributed by atoms with Crippen molar-refractivity contribution < 1.29 is 9.33 Å². The monoisotopic (exact) mass is 298 g/mol. The van der Waals surface area contributed by atoms with E-state index in [0.29, 0.717) is 17.6 Å². The van der Waals surface area contributed by atoms with Crippen molar-refractivity contribution in [3.63, 3.8) is 0 Å². The second-order valence-corrected chi connectivity index (χ2v) is 6.28. The van der Waals surface area contributed by atoms with Crippen LogP contribution in [-0.2, 0) is 4.94 Å². The average Bonchev–Trinajstić information content (AvgIpc) is 2.14. The molecule has 0 bridgehead atoms. The minimum Gasteiger partial charge on any atom is -0.193 e. The summed E-state index contributed by atoms with van der Waals surface area (Å²) < 4.78 is 12.0. The number of benzene rings is 1. The number of alkyl halides is 3. The summed E-state index contributed by atoms with van der Waals surface area (Å²) in [5.41, 5.74) is 1.73. The number of hydrogen-bond donors (Lipinski definition) is 0. The second-order valence-electron chi connectivity index (χ2n) is 3.52. The molecular weight excluding hydrogens is 286 g/mol. The molecule has 1 aromatic rings. The molecule has 1 rings (SSSR count). The van der Waals surface area contributed by atoms with Crippen LogP contribution in [-0.4, -0.2) is 23.1 Å². The first-order valence-electron chi connectivity index (χ1n) is 4.76. The van der Waals surface area contributed by atoms with Crippen LogP contribution in [0.15, 0.2) is 24.3 Å². The molecule has 0 unspecified atom stereocenters. The van der Waals surface area contributed by atoms with Gasteiger partial charge in [0, 0.05) is 14.1 Å². The lowest BCUT2D eigenvalue weighted by atomic mass is 10.2. The Hall–Kier alpha value is -0.200. The number of halogens is 3. The highest BCUT2D eigenvalue weighted by Crippen LogP contribution is 2.40. The molecule has 96 valence electrons. The van der Waals surface area contributed by atoms with E-state index in [-0.39, 0.29) is 0 Å². The van der Waals surface area contributed by atoms with Gasteiger partial charge in [0.1, 0.15) is 0 Å². The van der Waals surface area contributed by atoms with Crippen LogP contribution >= 0.6 is 35.1 Å². The van der Waals surface area contributed by atoms with E-state index >= 15 is 0 Å². The Balaban J connectivity index is 2.85. The number of nitrogens with zero attached hydrogens (tertiary/aromatic N) is 2. The highest BCUT2D eigenvalue weighted by molar-refractivity contribution is 8.04. The molecule has 0 aliphatic rings. The van der Waals surface area contributed by atoms with E-state index < -0.39 is 3.92 Å². The summed E-state index contributed by atoms with van der Waals surface area (Å²) in [6.45, 7) is 1.95. The van der Waals surface area contributed by atoms with E-state index in [9.17, 15) is 4.39 Å². The van der Waals surface area contributed by atoms with Crippen LogP contribution in [0.25, 0.3) is 0 Å². The van der Waals surface area contributed by atoms with E-state index in [4.69, 9.17) is 28.1 Å². The molecule has 17 heavy (non-hydrogen) atoms. The van der Waals surface area contributed by atoms with Gasteiger partial charge in [-0.15, -0.1) is 0 Å². The highest BCUT2D eigenvalue weighted by Gasteiger charge is 2.29. The summed E-state index contributed by atoms with van der Waals surface area (Å²) in [7, 11) is 3.34. The number of aryl methyl sites for hydroxylation is 1. The van der Waals surface area contributed by atoms with Crippen LogP contribution in [0.1, 0.15) is 5.56 Å². The topological polar surface area (TPSA) is 15.7 Å². The van der Waals surface area contributed by atoms with Gasteiger partial charge in [0.15, 0.2) is 0 Å². The Labute approximate surface area is 114 Å². The average molecular weight is 299 g/mol. The van der Waals surface area contributed by atoms with E-state index in [2.05, 4.69) is 0 Å². The Bertz CT molecular complexity index is 356. The quantitative estimate of drug-likeness (QED) is 0.465. The van der Waals surface area contributed by atoms with Crippen LogP contribution in [0.2, 0.25) is 0 Å². The number of anilines is 1. The zero-order chi connectivity index (χ0) is 13.1. The molecule has 0 fully saturated rings. The largest absolute Gasteiger partial charge is 0.325 e. The van der Waals surface area contributed by atoms with Gasteiger partial charge in [0.05, 0.1) is 17.6 Å². The van der Waals surface area contributed by atoms with Crippen molar-refractivity contribution in [2.45, 2.75) is 10.8 Å².